The first-order chi connectivity index (χ1) is 36.5. The number of hydrogen-bond donors (Lipinski definition) is 3. The Balaban J connectivity index is 3.35. The molecule has 0 aromatic rings. The molecule has 0 rings (SSSR count). The summed E-state index contributed by atoms with van der Waals surface area (Å²) >= 11 is 0. The van der Waals surface area contributed by atoms with Crippen molar-refractivity contribution in [2.75, 3.05) is 13.2 Å². The minimum absolute atomic E-state index is 0.00774. The maximum atomic E-state index is 12.5. The molecule has 0 saturated heterocycles. The lowest BCUT2D eigenvalue weighted by atomic mass is 10.0. The van der Waals surface area contributed by atoms with Gasteiger partial charge in [0.2, 0.25) is 5.91 Å². The Morgan fingerprint density at radius 1 is 0.365 bits per heavy atom. The Hall–Kier alpha value is -1.40. The predicted octanol–water partition coefficient (Wildman–Crippen LogP) is 21.6. The number of unbranched alkanes of at least 4 members (excludes halogenated alkanes) is 51. The molecule has 0 spiro atoms. The van der Waals surface area contributed by atoms with Crippen LogP contribution >= 0.6 is 0 Å². The first-order valence-corrected chi connectivity index (χ1v) is 33.9. The number of nitrogens with one attached hydrogen (secondary N) is 1. The molecule has 440 valence electrons. The van der Waals surface area contributed by atoms with Gasteiger partial charge >= 0.3 is 5.97 Å². The van der Waals surface area contributed by atoms with E-state index >= 15 is 0 Å². The van der Waals surface area contributed by atoms with Crippen molar-refractivity contribution in [3.63, 3.8) is 0 Å². The number of carbonyl (C=O) groups excluding carboxylic acids is 2. The van der Waals surface area contributed by atoms with Crippen molar-refractivity contribution in [3.8, 4) is 0 Å². The second kappa shape index (κ2) is 64.1. The molecule has 2 atom stereocenters. The van der Waals surface area contributed by atoms with Gasteiger partial charge < -0.3 is 20.3 Å². The number of hydrogen-bond acceptors (Lipinski definition) is 5. The fourth-order valence-electron chi connectivity index (χ4n) is 10.9. The normalized spacial score (nSPS) is 12.5. The van der Waals surface area contributed by atoms with Crippen LogP contribution in [0.25, 0.3) is 0 Å². The second-order valence-corrected chi connectivity index (χ2v) is 23.5. The Morgan fingerprint density at radius 3 is 1.00 bits per heavy atom. The van der Waals surface area contributed by atoms with Gasteiger partial charge in [0, 0.05) is 12.8 Å². The Kier molecular flexibility index (Phi) is 62.9. The van der Waals surface area contributed by atoms with Crippen LogP contribution in [-0.4, -0.2) is 47.4 Å². The molecule has 6 heteroatoms. The van der Waals surface area contributed by atoms with Gasteiger partial charge in [-0.05, 0) is 44.9 Å². The molecule has 0 aromatic heterocycles. The van der Waals surface area contributed by atoms with E-state index in [0.717, 1.165) is 44.9 Å². The number of allylic oxidation sites excluding steroid dienone is 2. The summed E-state index contributed by atoms with van der Waals surface area (Å²) < 4.78 is 5.47. The zero-order valence-corrected chi connectivity index (χ0v) is 50.4. The lowest BCUT2D eigenvalue weighted by Crippen LogP contribution is -2.45. The van der Waals surface area contributed by atoms with E-state index in [9.17, 15) is 19.8 Å². The van der Waals surface area contributed by atoms with E-state index in [4.69, 9.17) is 4.74 Å². The van der Waals surface area contributed by atoms with Crippen LogP contribution in [0.1, 0.15) is 386 Å². The van der Waals surface area contributed by atoms with Crippen molar-refractivity contribution in [1.29, 1.82) is 0 Å². The van der Waals surface area contributed by atoms with Crippen LogP contribution < -0.4 is 5.32 Å². The van der Waals surface area contributed by atoms with E-state index in [1.165, 1.54) is 308 Å². The van der Waals surface area contributed by atoms with Crippen molar-refractivity contribution >= 4 is 11.9 Å². The third kappa shape index (κ3) is 59.8. The van der Waals surface area contributed by atoms with Crippen LogP contribution in [0, 0.1) is 0 Å². The number of carbonyl (C=O) groups is 2. The highest BCUT2D eigenvalue weighted by Gasteiger charge is 2.20. The highest BCUT2D eigenvalue weighted by molar-refractivity contribution is 5.76. The minimum atomic E-state index is -0.662. The van der Waals surface area contributed by atoms with Gasteiger partial charge in [0.15, 0.2) is 0 Å². The summed E-state index contributed by atoms with van der Waals surface area (Å²) in [7, 11) is 0. The minimum Gasteiger partial charge on any atom is -0.466 e. The van der Waals surface area contributed by atoms with Crippen LogP contribution in [-0.2, 0) is 14.3 Å². The molecule has 0 radical (unpaired) electrons. The number of aliphatic hydroxyl groups excluding tert-OH is 2. The maximum Gasteiger partial charge on any atom is 0.305 e. The van der Waals surface area contributed by atoms with Crippen molar-refractivity contribution in [1.82, 2.24) is 5.32 Å². The van der Waals surface area contributed by atoms with Crippen LogP contribution in [0.15, 0.2) is 12.2 Å². The SMILES string of the molecule is CCCC/C=C\CCCCCCCC(=O)OCCCCCCCCCCCCCCCCCCCCCCCCCCCCCC(=O)NC(CO)C(O)CCCCCCCCCCCCCCCCCCCCC. The number of ether oxygens (including phenoxy) is 1. The smallest absolute Gasteiger partial charge is 0.305 e. The zero-order chi connectivity index (χ0) is 53.6. The Morgan fingerprint density at radius 2 is 0.649 bits per heavy atom. The van der Waals surface area contributed by atoms with Crippen LogP contribution in [0.5, 0.6) is 0 Å². The summed E-state index contributed by atoms with van der Waals surface area (Å²) in [6.45, 7) is 4.95. The largest absolute Gasteiger partial charge is 0.466 e. The Labute approximate surface area is 463 Å². The van der Waals surface area contributed by atoms with E-state index in [0.29, 0.717) is 25.9 Å². The zero-order valence-electron chi connectivity index (χ0n) is 50.4. The molecule has 0 aliphatic heterocycles. The van der Waals surface area contributed by atoms with Crippen molar-refractivity contribution in [2.24, 2.45) is 0 Å². The van der Waals surface area contributed by atoms with Gasteiger partial charge in [0.05, 0.1) is 25.4 Å². The molecule has 0 saturated carbocycles. The van der Waals surface area contributed by atoms with Crippen LogP contribution in [0.4, 0.5) is 0 Å². The molecule has 1 amide bonds. The van der Waals surface area contributed by atoms with E-state index < -0.39 is 12.1 Å². The first-order valence-electron chi connectivity index (χ1n) is 33.9. The van der Waals surface area contributed by atoms with E-state index in [1.807, 2.05) is 0 Å². The number of aliphatic hydroxyl groups is 2. The van der Waals surface area contributed by atoms with Gasteiger partial charge in [-0.2, -0.15) is 0 Å². The monoisotopic (exact) mass is 1040 g/mol. The summed E-state index contributed by atoms with van der Waals surface area (Å²) in [4.78, 5) is 24.5. The van der Waals surface area contributed by atoms with Gasteiger partial charge in [-0.15, -0.1) is 0 Å². The number of esters is 1. The molecule has 6 nitrogen and oxygen atoms in total. The lowest BCUT2D eigenvalue weighted by Gasteiger charge is -2.22. The standard InChI is InChI=1S/C68H133NO5/c1-3-5-7-9-11-13-15-16-17-18-28-31-34-37-41-44-48-52-56-60-66(71)65(64-70)69-67(72)61-57-53-49-45-42-38-35-32-29-26-24-22-20-19-21-23-25-27-30-33-36-39-43-47-51-55-59-63-74-68(73)62-58-54-50-46-40-14-12-10-8-6-4-2/h10,12,65-66,70-71H,3-9,11,13-64H2,1-2H3,(H,69,72)/b12-10-. The molecule has 2 unspecified atom stereocenters. The summed E-state index contributed by atoms with van der Waals surface area (Å²) in [5, 5.41) is 23.4. The van der Waals surface area contributed by atoms with Gasteiger partial charge in [-0.1, -0.05) is 341 Å². The molecular weight excluding hydrogens is 911 g/mol. The maximum absolute atomic E-state index is 12.5. The van der Waals surface area contributed by atoms with Crippen LogP contribution in [0.3, 0.4) is 0 Å². The summed E-state index contributed by atoms with van der Waals surface area (Å²) in [5.41, 5.74) is 0. The van der Waals surface area contributed by atoms with Gasteiger partial charge in [-0.25, -0.2) is 0 Å². The van der Waals surface area contributed by atoms with Gasteiger partial charge in [0.1, 0.15) is 0 Å². The quantitative estimate of drug-likeness (QED) is 0.0320. The predicted molar refractivity (Wildman–Crippen MR) is 324 cm³/mol. The van der Waals surface area contributed by atoms with E-state index in [1.54, 1.807) is 0 Å². The van der Waals surface area contributed by atoms with E-state index in [-0.39, 0.29) is 18.5 Å². The molecule has 0 aliphatic rings. The third-order valence-electron chi connectivity index (χ3n) is 16.1. The van der Waals surface area contributed by atoms with Crippen molar-refractivity contribution < 1.29 is 24.5 Å². The van der Waals surface area contributed by atoms with Crippen LogP contribution in [0.2, 0.25) is 0 Å². The first kappa shape index (κ1) is 72.6. The fraction of sp³-hybridized carbons (Fsp3) is 0.941. The number of amides is 1. The molecular formula is C68H133NO5. The second-order valence-electron chi connectivity index (χ2n) is 23.5. The molecule has 3 N–H and O–H groups in total. The number of rotatable bonds is 64. The Bertz CT molecular complexity index is 1110. The average molecular weight is 1040 g/mol. The molecule has 0 aliphatic carbocycles. The van der Waals surface area contributed by atoms with Crippen molar-refractivity contribution in [3.05, 3.63) is 12.2 Å². The topological polar surface area (TPSA) is 95.9 Å². The van der Waals surface area contributed by atoms with Gasteiger partial charge in [-0.3, -0.25) is 9.59 Å². The fourth-order valence-corrected chi connectivity index (χ4v) is 10.9. The third-order valence-corrected chi connectivity index (χ3v) is 16.1. The summed E-state index contributed by atoms with van der Waals surface area (Å²) in [5.74, 6) is -0.0203. The highest BCUT2D eigenvalue weighted by Crippen LogP contribution is 2.19. The van der Waals surface area contributed by atoms with Gasteiger partial charge in [0.25, 0.3) is 0 Å². The van der Waals surface area contributed by atoms with Crippen molar-refractivity contribution in [2.45, 2.75) is 398 Å². The summed E-state index contributed by atoms with van der Waals surface area (Å²) in [6.07, 6.45) is 78.2. The molecule has 74 heavy (non-hydrogen) atoms. The molecule has 0 bridgehead atoms. The lowest BCUT2D eigenvalue weighted by molar-refractivity contribution is -0.143. The molecule has 0 fully saturated rings. The highest BCUT2D eigenvalue weighted by atomic mass is 16.5. The van der Waals surface area contributed by atoms with E-state index in [2.05, 4.69) is 31.3 Å². The molecule has 0 aromatic carbocycles. The average Bonchev–Trinajstić information content (AvgIpc) is 3.40. The molecule has 0 heterocycles. The summed E-state index contributed by atoms with van der Waals surface area (Å²) in [6, 6.07) is -0.539.